The number of nitrogens with one attached hydrogen (secondary N) is 2. The number of hydrogen-bond donors (Lipinski definition) is 2. The Hall–Kier alpha value is -4.17. The third-order valence-corrected chi connectivity index (χ3v) is 5.15. The van der Waals surface area contributed by atoms with E-state index in [0.717, 1.165) is 27.6 Å². The second-order valence-corrected chi connectivity index (χ2v) is 7.15. The second-order valence-electron chi connectivity index (χ2n) is 7.15. The standard InChI is InChI=1S/C25H20N4O/c1-16-7-12-20(13-17(16)2)23-21-5-3-4-6-22(21)28-24(23)25(30)29-27-15-19-10-8-18(14-26)9-11-19/h3-13,15,28H,1-2H3,(H,29,30). The highest BCUT2D eigenvalue weighted by Crippen LogP contribution is 2.33. The van der Waals surface area contributed by atoms with Crippen LogP contribution in [0.5, 0.6) is 0 Å². The topological polar surface area (TPSA) is 81.0 Å². The van der Waals surface area contributed by atoms with E-state index < -0.39 is 0 Å². The molecule has 1 amide bonds. The highest BCUT2D eigenvalue weighted by molar-refractivity contribution is 6.09. The van der Waals surface area contributed by atoms with E-state index in [9.17, 15) is 4.79 Å². The van der Waals surface area contributed by atoms with E-state index in [-0.39, 0.29) is 5.91 Å². The van der Waals surface area contributed by atoms with Gasteiger partial charge in [0.15, 0.2) is 0 Å². The van der Waals surface area contributed by atoms with Gasteiger partial charge in [0.1, 0.15) is 5.69 Å². The van der Waals surface area contributed by atoms with Crippen molar-refractivity contribution in [3.05, 3.63) is 94.7 Å². The molecule has 0 spiro atoms. The minimum atomic E-state index is -0.315. The quantitative estimate of drug-likeness (QED) is 0.375. The van der Waals surface area contributed by atoms with Crippen LogP contribution in [-0.4, -0.2) is 17.1 Å². The summed E-state index contributed by atoms with van der Waals surface area (Å²) in [5.74, 6) is -0.315. The third kappa shape index (κ3) is 3.71. The van der Waals surface area contributed by atoms with Crippen molar-refractivity contribution in [1.82, 2.24) is 10.4 Å². The fourth-order valence-corrected chi connectivity index (χ4v) is 3.37. The molecule has 0 saturated carbocycles. The lowest BCUT2D eigenvalue weighted by atomic mass is 9.98. The summed E-state index contributed by atoms with van der Waals surface area (Å²) in [4.78, 5) is 16.2. The normalized spacial score (nSPS) is 11.0. The van der Waals surface area contributed by atoms with Crippen LogP contribution in [0.2, 0.25) is 0 Å². The molecule has 5 heteroatoms. The van der Waals surface area contributed by atoms with Crippen LogP contribution in [0.25, 0.3) is 22.0 Å². The minimum Gasteiger partial charge on any atom is -0.350 e. The molecule has 1 heterocycles. The largest absolute Gasteiger partial charge is 0.350 e. The highest BCUT2D eigenvalue weighted by atomic mass is 16.2. The summed E-state index contributed by atoms with van der Waals surface area (Å²) in [6.07, 6.45) is 1.55. The number of nitriles is 1. The molecule has 0 fully saturated rings. The van der Waals surface area contributed by atoms with Crippen LogP contribution in [0.1, 0.15) is 32.7 Å². The number of rotatable bonds is 4. The Morgan fingerprint density at radius 3 is 2.53 bits per heavy atom. The van der Waals surface area contributed by atoms with Crippen LogP contribution >= 0.6 is 0 Å². The van der Waals surface area contributed by atoms with Crippen LogP contribution < -0.4 is 5.43 Å². The number of para-hydroxylation sites is 1. The Kier molecular flexibility index (Phi) is 5.15. The van der Waals surface area contributed by atoms with Gasteiger partial charge in [-0.2, -0.15) is 10.4 Å². The van der Waals surface area contributed by atoms with E-state index in [4.69, 9.17) is 5.26 Å². The maximum atomic E-state index is 13.0. The summed E-state index contributed by atoms with van der Waals surface area (Å²) in [5, 5.41) is 13.9. The number of hydrazone groups is 1. The average Bonchev–Trinajstić information content (AvgIpc) is 3.16. The maximum Gasteiger partial charge on any atom is 0.288 e. The number of hydrogen-bond acceptors (Lipinski definition) is 3. The molecule has 0 unspecified atom stereocenters. The van der Waals surface area contributed by atoms with Gasteiger partial charge < -0.3 is 4.98 Å². The van der Waals surface area contributed by atoms with Crippen molar-refractivity contribution in [1.29, 1.82) is 5.26 Å². The van der Waals surface area contributed by atoms with E-state index >= 15 is 0 Å². The Morgan fingerprint density at radius 1 is 1.03 bits per heavy atom. The second kappa shape index (κ2) is 8.06. The molecule has 3 aromatic carbocycles. The fourth-order valence-electron chi connectivity index (χ4n) is 3.37. The number of aryl methyl sites for hydroxylation is 2. The first-order valence-corrected chi connectivity index (χ1v) is 9.58. The number of carbonyl (C=O) groups is 1. The van der Waals surface area contributed by atoms with E-state index in [1.54, 1.807) is 30.5 Å². The van der Waals surface area contributed by atoms with Crippen molar-refractivity contribution in [3.8, 4) is 17.2 Å². The smallest absolute Gasteiger partial charge is 0.288 e. The number of aromatic nitrogens is 1. The van der Waals surface area contributed by atoms with Crippen LogP contribution in [0.3, 0.4) is 0 Å². The van der Waals surface area contributed by atoms with E-state index in [0.29, 0.717) is 11.3 Å². The Balaban J connectivity index is 1.67. The number of aromatic amines is 1. The molecule has 4 aromatic rings. The number of fused-ring (bicyclic) bond motifs is 1. The van der Waals surface area contributed by atoms with Gasteiger partial charge >= 0.3 is 0 Å². The van der Waals surface area contributed by atoms with Crippen molar-refractivity contribution in [2.75, 3.05) is 0 Å². The van der Waals surface area contributed by atoms with E-state index in [1.165, 1.54) is 11.1 Å². The molecule has 0 aliphatic rings. The van der Waals surface area contributed by atoms with Crippen LogP contribution in [-0.2, 0) is 0 Å². The predicted molar refractivity (Wildman–Crippen MR) is 119 cm³/mol. The Bertz CT molecular complexity index is 1310. The molecule has 30 heavy (non-hydrogen) atoms. The lowest BCUT2D eigenvalue weighted by Crippen LogP contribution is -2.18. The molecule has 0 aliphatic carbocycles. The van der Waals surface area contributed by atoms with Gasteiger partial charge in [0.25, 0.3) is 5.91 Å². The zero-order valence-electron chi connectivity index (χ0n) is 16.7. The zero-order valence-corrected chi connectivity index (χ0v) is 16.7. The molecule has 0 bridgehead atoms. The van der Waals surface area contributed by atoms with E-state index in [2.05, 4.69) is 47.6 Å². The van der Waals surface area contributed by atoms with Crippen molar-refractivity contribution in [2.24, 2.45) is 5.10 Å². The lowest BCUT2D eigenvalue weighted by Gasteiger charge is -2.07. The summed E-state index contributed by atoms with van der Waals surface area (Å²) in [5.41, 5.74) is 9.56. The van der Waals surface area contributed by atoms with Gasteiger partial charge in [-0.25, -0.2) is 5.43 Å². The van der Waals surface area contributed by atoms with Gasteiger partial charge in [-0.15, -0.1) is 0 Å². The van der Waals surface area contributed by atoms with Crippen LogP contribution in [0.15, 0.2) is 71.8 Å². The van der Waals surface area contributed by atoms with Crippen molar-refractivity contribution >= 4 is 23.0 Å². The van der Waals surface area contributed by atoms with Crippen molar-refractivity contribution in [2.45, 2.75) is 13.8 Å². The predicted octanol–water partition coefficient (Wildman–Crippen LogP) is 5.09. The average molecular weight is 392 g/mol. The molecule has 2 N–H and O–H groups in total. The number of H-pyrrole nitrogens is 1. The molecule has 0 saturated heterocycles. The first-order valence-electron chi connectivity index (χ1n) is 9.58. The van der Waals surface area contributed by atoms with Gasteiger partial charge in [0.2, 0.25) is 0 Å². The summed E-state index contributed by atoms with van der Waals surface area (Å²) >= 11 is 0. The van der Waals surface area contributed by atoms with Gasteiger partial charge in [-0.1, -0.05) is 48.5 Å². The molecule has 5 nitrogen and oxygen atoms in total. The minimum absolute atomic E-state index is 0.315. The SMILES string of the molecule is Cc1ccc(-c2c(C(=O)NN=Cc3ccc(C#N)cc3)[nH]c3ccccc23)cc1C. The molecule has 0 atom stereocenters. The molecule has 4 rings (SSSR count). The summed E-state index contributed by atoms with van der Waals surface area (Å²) in [6, 6.07) is 23.1. The first kappa shape index (κ1) is 19.2. The Labute approximate surface area is 174 Å². The van der Waals surface area contributed by atoms with Gasteiger partial charge in [-0.3, -0.25) is 4.79 Å². The maximum absolute atomic E-state index is 13.0. The molecule has 146 valence electrons. The number of nitrogens with zero attached hydrogens (tertiary/aromatic N) is 2. The Morgan fingerprint density at radius 2 is 1.80 bits per heavy atom. The van der Waals surface area contributed by atoms with E-state index in [1.807, 2.05) is 30.3 Å². The molecule has 0 radical (unpaired) electrons. The molecular formula is C25H20N4O. The van der Waals surface area contributed by atoms with Crippen molar-refractivity contribution < 1.29 is 4.79 Å². The van der Waals surface area contributed by atoms with Crippen LogP contribution in [0, 0.1) is 25.2 Å². The summed E-state index contributed by atoms with van der Waals surface area (Å²) < 4.78 is 0. The lowest BCUT2D eigenvalue weighted by molar-refractivity contribution is 0.0951. The first-order chi connectivity index (χ1) is 14.6. The third-order valence-electron chi connectivity index (χ3n) is 5.15. The monoisotopic (exact) mass is 392 g/mol. The van der Waals surface area contributed by atoms with Crippen molar-refractivity contribution in [3.63, 3.8) is 0 Å². The van der Waals surface area contributed by atoms with Gasteiger partial charge in [0.05, 0.1) is 17.8 Å². The van der Waals surface area contributed by atoms with Crippen LogP contribution in [0.4, 0.5) is 0 Å². The number of carbonyl (C=O) groups excluding carboxylic acids is 1. The molecule has 1 aromatic heterocycles. The number of benzene rings is 3. The number of amides is 1. The highest BCUT2D eigenvalue weighted by Gasteiger charge is 2.19. The summed E-state index contributed by atoms with van der Waals surface area (Å²) in [7, 11) is 0. The molecular weight excluding hydrogens is 372 g/mol. The van der Waals surface area contributed by atoms with Gasteiger partial charge in [-0.05, 0) is 54.3 Å². The zero-order chi connectivity index (χ0) is 21.1. The van der Waals surface area contributed by atoms with Gasteiger partial charge in [0, 0.05) is 16.5 Å². The summed E-state index contributed by atoms with van der Waals surface area (Å²) in [6.45, 7) is 4.13. The fraction of sp³-hybridized carbons (Fsp3) is 0.0800. The molecule has 0 aliphatic heterocycles.